The first-order chi connectivity index (χ1) is 26.7. The number of hydrogen-bond donors (Lipinski definition) is 1. The van der Waals surface area contributed by atoms with Gasteiger partial charge in [0.05, 0.1) is 31.3 Å². The molecule has 2 amide bonds. The summed E-state index contributed by atoms with van der Waals surface area (Å²) in [6.45, 7) is 11.0. The van der Waals surface area contributed by atoms with Crippen molar-refractivity contribution in [2.45, 2.75) is 85.5 Å². The Bertz CT molecular complexity index is 2040. The van der Waals surface area contributed by atoms with Crippen molar-refractivity contribution >= 4 is 45.2 Å². The number of allylic oxidation sites excluding steroid dienone is 1. The summed E-state index contributed by atoms with van der Waals surface area (Å²) >= 11 is 6.49. The first-order valence-electron chi connectivity index (χ1n) is 19.2. The van der Waals surface area contributed by atoms with Crippen molar-refractivity contribution in [2.75, 3.05) is 30.9 Å². The number of fused-ring (bicyclic) bond motifs is 2. The molecule has 2 aromatic carbocycles. The maximum Gasteiger partial charge on any atom is 0.509 e. The highest BCUT2D eigenvalue weighted by atomic mass is 35.5. The van der Waals surface area contributed by atoms with Crippen LogP contribution in [0.3, 0.4) is 0 Å². The van der Waals surface area contributed by atoms with E-state index >= 15 is 0 Å². The van der Waals surface area contributed by atoms with Crippen molar-refractivity contribution in [1.82, 2.24) is 14.5 Å². The molecule has 0 radical (unpaired) electrons. The number of amides is 2. The van der Waals surface area contributed by atoms with Crippen LogP contribution in [0.2, 0.25) is 5.02 Å². The van der Waals surface area contributed by atoms with Gasteiger partial charge in [0.1, 0.15) is 27.3 Å². The molecule has 5 atom stereocenters. The summed E-state index contributed by atoms with van der Waals surface area (Å²) in [7, 11) is -0.711. The second-order valence-electron chi connectivity index (χ2n) is 14.9. The van der Waals surface area contributed by atoms with Crippen molar-refractivity contribution in [3.63, 3.8) is 0 Å². The average molecular weight is 812 g/mol. The summed E-state index contributed by atoms with van der Waals surface area (Å²) < 4.78 is 46.0. The van der Waals surface area contributed by atoms with Crippen molar-refractivity contribution in [3.8, 4) is 11.6 Å². The molecular formula is C41H54ClN5O8S. The van der Waals surface area contributed by atoms with Gasteiger partial charge in [-0.15, -0.1) is 9.46 Å². The smallest absolute Gasteiger partial charge is 0.491 e. The third-order valence-corrected chi connectivity index (χ3v) is 12.3. The van der Waals surface area contributed by atoms with Crippen LogP contribution in [-0.2, 0) is 39.4 Å². The van der Waals surface area contributed by atoms with Gasteiger partial charge in [0.2, 0.25) is 5.88 Å². The van der Waals surface area contributed by atoms with Gasteiger partial charge in [0.25, 0.3) is 11.8 Å². The minimum absolute atomic E-state index is 0.00183. The lowest BCUT2D eigenvalue weighted by Crippen LogP contribution is -2.37. The first kappa shape index (κ1) is 42.6. The summed E-state index contributed by atoms with van der Waals surface area (Å²) in [4.78, 5) is 42.9. The van der Waals surface area contributed by atoms with Crippen LogP contribution >= 0.6 is 11.6 Å². The zero-order chi connectivity index (χ0) is 40.6. The number of benzene rings is 2. The zero-order valence-corrected chi connectivity index (χ0v) is 34.9. The van der Waals surface area contributed by atoms with Gasteiger partial charge < -0.3 is 23.8 Å². The Morgan fingerprint density at radius 2 is 1.91 bits per heavy atom. The predicted octanol–water partition coefficient (Wildman–Crippen LogP) is 7.95. The number of methoxy groups -OCH3 is 1. The molecular weight excluding hydrogens is 758 g/mol. The van der Waals surface area contributed by atoms with Crippen molar-refractivity contribution in [2.24, 2.45) is 29.2 Å². The Labute approximate surface area is 335 Å². The van der Waals surface area contributed by atoms with E-state index in [-0.39, 0.29) is 46.6 Å². The number of halogens is 1. The van der Waals surface area contributed by atoms with Gasteiger partial charge in [-0.2, -0.15) is 0 Å². The lowest BCUT2D eigenvalue weighted by Gasteiger charge is -2.35. The van der Waals surface area contributed by atoms with Crippen LogP contribution in [0.15, 0.2) is 59.1 Å². The summed E-state index contributed by atoms with van der Waals surface area (Å²) in [5, 5.41) is 4.80. The third kappa shape index (κ3) is 11.1. The van der Waals surface area contributed by atoms with Crippen LogP contribution in [0.4, 0.5) is 10.5 Å². The fourth-order valence-electron chi connectivity index (χ4n) is 7.09. The van der Waals surface area contributed by atoms with Crippen LogP contribution in [0.1, 0.15) is 92.1 Å². The van der Waals surface area contributed by atoms with Crippen LogP contribution in [0.25, 0.3) is 0 Å². The number of carbonyl (C=O) groups is 3. The van der Waals surface area contributed by atoms with E-state index < -0.39 is 34.0 Å². The highest BCUT2D eigenvalue weighted by Crippen LogP contribution is 2.36. The van der Waals surface area contributed by atoms with Gasteiger partial charge in [-0.3, -0.25) is 19.0 Å². The molecule has 15 heteroatoms. The molecule has 1 unspecified atom stereocenters. The Balaban J connectivity index is 1.66. The topological polar surface area (TPSA) is 151 Å². The zero-order valence-electron chi connectivity index (χ0n) is 33.3. The summed E-state index contributed by atoms with van der Waals surface area (Å²) in [6.07, 6.45) is 7.04. The van der Waals surface area contributed by atoms with Crippen LogP contribution in [0.5, 0.6) is 11.6 Å². The number of rotatable bonds is 6. The molecule has 0 fully saturated rings. The molecule has 1 aromatic heterocycles. The van der Waals surface area contributed by atoms with Gasteiger partial charge in [-0.25, -0.2) is 9.00 Å². The van der Waals surface area contributed by atoms with Gasteiger partial charge >= 0.3 is 6.16 Å². The van der Waals surface area contributed by atoms with E-state index in [4.69, 9.17) is 30.5 Å². The molecule has 304 valence electrons. The minimum Gasteiger partial charge on any atom is -0.491 e. The second kappa shape index (κ2) is 19.1. The third-order valence-electron chi connectivity index (χ3n) is 10.1. The van der Waals surface area contributed by atoms with Gasteiger partial charge in [0.15, 0.2) is 0 Å². The van der Waals surface area contributed by atoms with Gasteiger partial charge in [-0.05, 0) is 98.9 Å². The number of nitrogens with zero attached hydrogens (tertiary/aromatic N) is 4. The van der Waals surface area contributed by atoms with Gasteiger partial charge in [-0.1, -0.05) is 50.9 Å². The SMILES string of the molecule is CC[C@H]1CN2Cc3ccc(Cl)cc3CCCCOc3ccc(cc32)C(=O)N=S(=O)(NC(=O)c2cn(C)nc2OC)C[C@@H](C)C/C=C/[C@H](OC(=O)OC(C)C)[C@@H]1C. The Kier molecular flexibility index (Phi) is 14.5. The minimum atomic E-state index is -3.72. The molecule has 2 aliphatic heterocycles. The largest absolute Gasteiger partial charge is 0.509 e. The van der Waals surface area contributed by atoms with Crippen LogP contribution in [-0.4, -0.2) is 70.2 Å². The Hall–Kier alpha value is -4.56. The maximum absolute atomic E-state index is 14.7. The lowest BCUT2D eigenvalue weighted by molar-refractivity contribution is -0.00152. The fraction of sp³-hybridized carbons (Fsp3) is 0.512. The van der Waals surface area contributed by atoms with E-state index in [1.165, 1.54) is 18.0 Å². The molecule has 2 bridgehead atoms. The standard InChI is InChI=1S/C41H54ClN5O8S/c1-8-29-22-47-23-32-15-17-33(42)20-30(32)13-9-10-19-53-37-18-16-31(21-35(37)47)38(48)44-56(51,45-39(49)34-24-46(6)43-40(34)52-7)25-27(4)12-11-14-36(28(29)5)55-41(50)54-26(2)3/h11,14-18,20-21,24,26-29,36H,8-10,12-13,19,22-23,25H2,1-7H3,(H,44,45,48,49,51)/b14-11+/t27-,28+,29-,36-,56?/m0/s1. The summed E-state index contributed by atoms with van der Waals surface area (Å²) in [5.41, 5.74) is 3.10. The Morgan fingerprint density at radius 1 is 1.12 bits per heavy atom. The number of ether oxygens (including phenoxy) is 4. The molecule has 56 heavy (non-hydrogen) atoms. The van der Waals surface area contributed by atoms with E-state index in [2.05, 4.69) is 32.9 Å². The molecule has 1 N–H and O–H groups in total. The highest BCUT2D eigenvalue weighted by Gasteiger charge is 2.31. The van der Waals surface area contributed by atoms with E-state index in [0.717, 1.165) is 36.8 Å². The molecule has 3 heterocycles. The van der Waals surface area contributed by atoms with Crippen LogP contribution in [0, 0.1) is 17.8 Å². The average Bonchev–Trinajstić information content (AvgIpc) is 3.52. The molecule has 2 aliphatic rings. The predicted molar refractivity (Wildman–Crippen MR) is 217 cm³/mol. The normalized spacial score (nSPS) is 24.1. The number of nitrogens with one attached hydrogen (secondary N) is 1. The van der Waals surface area contributed by atoms with E-state index in [0.29, 0.717) is 42.6 Å². The number of aromatic nitrogens is 2. The van der Waals surface area contributed by atoms with E-state index in [9.17, 15) is 18.6 Å². The number of anilines is 1. The fourth-order valence-corrected chi connectivity index (χ4v) is 9.17. The summed E-state index contributed by atoms with van der Waals surface area (Å²) in [6, 6.07) is 11.0. The summed E-state index contributed by atoms with van der Waals surface area (Å²) in [5.74, 6) is -1.52. The number of carbonyl (C=O) groups excluding carboxylic acids is 3. The van der Waals surface area contributed by atoms with E-state index in [1.807, 2.05) is 37.3 Å². The number of hydrogen-bond acceptors (Lipinski definition) is 10. The van der Waals surface area contributed by atoms with E-state index in [1.54, 1.807) is 39.1 Å². The molecule has 3 aromatic rings. The monoisotopic (exact) mass is 811 g/mol. The molecule has 13 nitrogen and oxygen atoms in total. The van der Waals surface area contributed by atoms with Crippen molar-refractivity contribution in [3.05, 3.63) is 82.0 Å². The second-order valence-corrected chi connectivity index (χ2v) is 17.4. The van der Waals surface area contributed by atoms with Crippen molar-refractivity contribution < 1.29 is 37.5 Å². The van der Waals surface area contributed by atoms with Gasteiger partial charge in [0, 0.05) is 42.8 Å². The maximum atomic E-state index is 14.7. The lowest BCUT2D eigenvalue weighted by atomic mass is 9.85. The molecule has 0 spiro atoms. The molecule has 0 aliphatic carbocycles. The molecule has 0 saturated carbocycles. The quantitative estimate of drug-likeness (QED) is 0.192. The molecule has 5 rings (SSSR count). The first-order valence-corrected chi connectivity index (χ1v) is 21.3. The van der Waals surface area contributed by atoms with Crippen LogP contribution < -0.4 is 19.1 Å². The highest BCUT2D eigenvalue weighted by molar-refractivity contribution is 7.92. The Morgan fingerprint density at radius 3 is 2.64 bits per heavy atom. The molecule has 0 saturated heterocycles. The van der Waals surface area contributed by atoms with Crippen molar-refractivity contribution in [1.29, 1.82) is 0 Å². The number of aryl methyl sites for hydroxylation is 2.